The van der Waals surface area contributed by atoms with E-state index in [0.717, 1.165) is 21.3 Å². The molecule has 88 valence electrons. The Kier molecular flexibility index (Phi) is 4.50. The van der Waals surface area contributed by atoms with Crippen LogP contribution in [-0.2, 0) is 4.79 Å². The highest BCUT2D eigenvalue weighted by Crippen LogP contribution is 2.27. The molecule has 4 heteroatoms. The molecule has 1 aromatic rings. The molecule has 0 saturated heterocycles. The zero-order chi connectivity index (χ0) is 12.3. The lowest BCUT2D eigenvalue weighted by atomic mass is 10.1. The summed E-state index contributed by atoms with van der Waals surface area (Å²) in [6, 6.07) is 3.55. The molecule has 0 aliphatic rings. The van der Waals surface area contributed by atoms with Gasteiger partial charge in [-0.3, -0.25) is 4.79 Å². The van der Waals surface area contributed by atoms with E-state index in [0.29, 0.717) is 6.42 Å². The Hall–Kier alpha value is -0.870. The average molecular weight is 285 g/mol. The fourth-order valence-electron chi connectivity index (χ4n) is 1.48. The van der Waals surface area contributed by atoms with E-state index >= 15 is 0 Å². The van der Waals surface area contributed by atoms with Crippen LogP contribution in [0.4, 0.5) is 5.69 Å². The number of anilines is 1. The third-order valence-corrected chi connectivity index (χ3v) is 3.08. The number of aryl methyl sites for hydroxylation is 2. The minimum atomic E-state index is -0.451. The molecule has 0 fully saturated rings. The van der Waals surface area contributed by atoms with Crippen LogP contribution in [0.2, 0.25) is 0 Å². The molecule has 1 amide bonds. The molecule has 0 spiro atoms. The Morgan fingerprint density at radius 3 is 2.62 bits per heavy atom. The van der Waals surface area contributed by atoms with Crippen LogP contribution in [0.3, 0.4) is 0 Å². The van der Waals surface area contributed by atoms with Crippen molar-refractivity contribution in [3.8, 4) is 0 Å². The fourth-order valence-corrected chi connectivity index (χ4v) is 2.25. The van der Waals surface area contributed by atoms with Gasteiger partial charge in [0, 0.05) is 4.47 Å². The first-order valence-corrected chi connectivity index (χ1v) is 6.08. The topological polar surface area (TPSA) is 55.1 Å². The summed E-state index contributed by atoms with van der Waals surface area (Å²) in [5.41, 5.74) is 8.66. The first kappa shape index (κ1) is 13.2. The van der Waals surface area contributed by atoms with Gasteiger partial charge in [0.15, 0.2) is 0 Å². The van der Waals surface area contributed by atoms with Gasteiger partial charge < -0.3 is 11.1 Å². The van der Waals surface area contributed by atoms with Gasteiger partial charge in [-0.15, -0.1) is 0 Å². The van der Waals surface area contributed by atoms with Gasteiger partial charge >= 0.3 is 0 Å². The maximum absolute atomic E-state index is 11.7. The molecule has 1 atom stereocenters. The molecular weight excluding hydrogens is 268 g/mol. The van der Waals surface area contributed by atoms with Crippen molar-refractivity contribution in [1.29, 1.82) is 0 Å². The largest absolute Gasteiger partial charge is 0.323 e. The zero-order valence-corrected chi connectivity index (χ0v) is 11.4. The van der Waals surface area contributed by atoms with Crippen LogP contribution in [0.15, 0.2) is 16.6 Å². The maximum Gasteiger partial charge on any atom is 0.241 e. The number of hydrogen-bond acceptors (Lipinski definition) is 2. The molecule has 1 aromatic carbocycles. The third kappa shape index (κ3) is 3.06. The van der Waals surface area contributed by atoms with Crippen molar-refractivity contribution in [1.82, 2.24) is 0 Å². The van der Waals surface area contributed by atoms with Crippen LogP contribution < -0.4 is 11.1 Å². The van der Waals surface area contributed by atoms with Crippen molar-refractivity contribution >= 4 is 27.5 Å². The third-order valence-electron chi connectivity index (χ3n) is 2.46. The molecule has 0 unspecified atom stereocenters. The Labute approximate surface area is 105 Å². The summed E-state index contributed by atoms with van der Waals surface area (Å²) in [5.74, 6) is -0.143. The van der Waals surface area contributed by atoms with Crippen LogP contribution in [0.1, 0.15) is 24.5 Å². The summed E-state index contributed by atoms with van der Waals surface area (Å²) in [5, 5.41) is 2.85. The number of hydrogen-bond donors (Lipinski definition) is 2. The van der Waals surface area contributed by atoms with Crippen LogP contribution >= 0.6 is 15.9 Å². The molecule has 3 N–H and O–H groups in total. The number of halogens is 1. The Balaban J connectivity index is 2.93. The predicted molar refractivity (Wildman–Crippen MR) is 70.5 cm³/mol. The summed E-state index contributed by atoms with van der Waals surface area (Å²) >= 11 is 3.44. The standard InChI is InChI=1S/C12H17BrN2O/c1-4-10(14)12(16)15-11-8(3)5-7(2)6-9(11)13/h5-6,10H,4,14H2,1-3H3,(H,15,16)/t10-/m1/s1. The van der Waals surface area contributed by atoms with Crippen molar-refractivity contribution in [2.45, 2.75) is 33.2 Å². The summed E-state index contributed by atoms with van der Waals surface area (Å²) in [6.07, 6.45) is 0.633. The number of rotatable bonds is 3. The number of carbonyl (C=O) groups excluding carboxylic acids is 1. The van der Waals surface area contributed by atoms with Crippen molar-refractivity contribution in [2.24, 2.45) is 5.73 Å². The van der Waals surface area contributed by atoms with Gasteiger partial charge in [0.05, 0.1) is 11.7 Å². The van der Waals surface area contributed by atoms with Gasteiger partial charge in [-0.1, -0.05) is 13.0 Å². The van der Waals surface area contributed by atoms with Gasteiger partial charge in [-0.2, -0.15) is 0 Å². The summed E-state index contributed by atoms with van der Waals surface area (Å²) in [4.78, 5) is 11.7. The quantitative estimate of drug-likeness (QED) is 0.897. The van der Waals surface area contributed by atoms with Crippen molar-refractivity contribution < 1.29 is 4.79 Å². The van der Waals surface area contributed by atoms with Gasteiger partial charge in [-0.25, -0.2) is 0 Å². The Morgan fingerprint density at radius 1 is 1.50 bits per heavy atom. The average Bonchev–Trinajstić information content (AvgIpc) is 2.21. The molecule has 3 nitrogen and oxygen atoms in total. The van der Waals surface area contributed by atoms with Crippen LogP contribution in [-0.4, -0.2) is 11.9 Å². The van der Waals surface area contributed by atoms with E-state index in [4.69, 9.17) is 5.73 Å². The number of benzene rings is 1. The van der Waals surface area contributed by atoms with Gasteiger partial charge in [-0.05, 0) is 53.4 Å². The molecule has 0 heterocycles. The van der Waals surface area contributed by atoms with Crippen molar-refractivity contribution in [3.05, 3.63) is 27.7 Å². The van der Waals surface area contributed by atoms with Gasteiger partial charge in [0.1, 0.15) is 0 Å². The highest BCUT2D eigenvalue weighted by molar-refractivity contribution is 9.10. The van der Waals surface area contributed by atoms with E-state index in [1.165, 1.54) is 0 Å². The molecule has 0 aromatic heterocycles. The summed E-state index contributed by atoms with van der Waals surface area (Å²) in [7, 11) is 0. The van der Waals surface area contributed by atoms with E-state index in [1.807, 2.05) is 32.9 Å². The monoisotopic (exact) mass is 284 g/mol. The van der Waals surface area contributed by atoms with E-state index in [9.17, 15) is 4.79 Å². The summed E-state index contributed by atoms with van der Waals surface area (Å²) in [6.45, 7) is 5.87. The lowest BCUT2D eigenvalue weighted by molar-refractivity contribution is -0.117. The molecule has 0 radical (unpaired) electrons. The fraction of sp³-hybridized carbons (Fsp3) is 0.417. The molecule has 0 aliphatic heterocycles. The van der Waals surface area contributed by atoms with E-state index < -0.39 is 6.04 Å². The number of nitrogens with one attached hydrogen (secondary N) is 1. The van der Waals surface area contributed by atoms with Gasteiger partial charge in [0.25, 0.3) is 0 Å². The van der Waals surface area contributed by atoms with E-state index in [-0.39, 0.29) is 5.91 Å². The Bertz CT molecular complexity index is 381. The SMILES string of the molecule is CC[C@@H](N)C(=O)Nc1c(C)cc(C)cc1Br. The second kappa shape index (κ2) is 5.46. The molecule has 16 heavy (non-hydrogen) atoms. The second-order valence-corrected chi connectivity index (χ2v) is 4.80. The summed E-state index contributed by atoms with van der Waals surface area (Å²) < 4.78 is 0.890. The molecule has 1 rings (SSSR count). The van der Waals surface area contributed by atoms with E-state index in [1.54, 1.807) is 0 Å². The zero-order valence-electron chi connectivity index (χ0n) is 9.80. The Morgan fingerprint density at radius 2 is 2.12 bits per heavy atom. The molecule has 0 saturated carbocycles. The minimum absolute atomic E-state index is 0.143. The number of nitrogens with two attached hydrogens (primary N) is 1. The van der Waals surface area contributed by atoms with Crippen LogP contribution in [0.25, 0.3) is 0 Å². The maximum atomic E-state index is 11.7. The lowest BCUT2D eigenvalue weighted by Crippen LogP contribution is -2.35. The molecule has 0 aliphatic carbocycles. The first-order valence-electron chi connectivity index (χ1n) is 5.29. The van der Waals surface area contributed by atoms with Crippen molar-refractivity contribution in [2.75, 3.05) is 5.32 Å². The first-order chi connectivity index (χ1) is 7.45. The number of amides is 1. The van der Waals surface area contributed by atoms with Crippen LogP contribution in [0, 0.1) is 13.8 Å². The van der Waals surface area contributed by atoms with Gasteiger partial charge in [0.2, 0.25) is 5.91 Å². The normalized spacial score (nSPS) is 12.3. The highest BCUT2D eigenvalue weighted by Gasteiger charge is 2.14. The number of carbonyl (C=O) groups is 1. The predicted octanol–water partition coefficient (Wildman–Crippen LogP) is 2.74. The molecule has 0 bridgehead atoms. The molecular formula is C12H17BrN2O. The smallest absolute Gasteiger partial charge is 0.241 e. The van der Waals surface area contributed by atoms with Crippen LogP contribution in [0.5, 0.6) is 0 Å². The van der Waals surface area contributed by atoms with Crippen molar-refractivity contribution in [3.63, 3.8) is 0 Å². The van der Waals surface area contributed by atoms with E-state index in [2.05, 4.69) is 21.2 Å². The second-order valence-electron chi connectivity index (χ2n) is 3.94. The minimum Gasteiger partial charge on any atom is -0.323 e. The lowest BCUT2D eigenvalue weighted by Gasteiger charge is -2.14. The highest BCUT2D eigenvalue weighted by atomic mass is 79.9.